The number of nitro groups is 1. The molecule has 2 heterocycles. The number of nitrogens with zero attached hydrogens (tertiary/aromatic N) is 2. The van der Waals surface area contributed by atoms with E-state index in [9.17, 15) is 24.5 Å². The number of carbonyl (C=O) groups excluding carboxylic acids is 2. The van der Waals surface area contributed by atoms with Gasteiger partial charge in [0.2, 0.25) is 0 Å². The van der Waals surface area contributed by atoms with E-state index in [2.05, 4.69) is 0 Å². The van der Waals surface area contributed by atoms with Crippen molar-refractivity contribution in [2.75, 3.05) is 6.54 Å². The van der Waals surface area contributed by atoms with Gasteiger partial charge >= 0.3 is 5.97 Å². The molecule has 2 aromatic rings. The maximum absolute atomic E-state index is 12.3. The van der Waals surface area contributed by atoms with Crippen LogP contribution in [0.1, 0.15) is 18.6 Å². The Balaban J connectivity index is 1.75. The van der Waals surface area contributed by atoms with Gasteiger partial charge in [0.05, 0.1) is 9.83 Å². The number of carboxylic acid groups (broad SMARTS) is 1. The molecule has 1 N–H and O–H groups in total. The number of nitro benzene ring substituents is 1. The zero-order valence-electron chi connectivity index (χ0n) is 14.4. The summed E-state index contributed by atoms with van der Waals surface area (Å²) in [5, 5.41) is 19.1. The smallest absolute Gasteiger partial charge is 0.303 e. The molecule has 9 nitrogen and oxygen atoms in total. The van der Waals surface area contributed by atoms with E-state index in [1.807, 2.05) is 0 Å². The van der Waals surface area contributed by atoms with Crippen molar-refractivity contribution in [1.82, 2.24) is 4.90 Å². The van der Waals surface area contributed by atoms with Crippen molar-refractivity contribution in [2.24, 2.45) is 0 Å². The van der Waals surface area contributed by atoms with Crippen LogP contribution < -0.4 is 0 Å². The molecule has 0 bridgehead atoms. The molecule has 1 aliphatic rings. The molecule has 144 valence electrons. The van der Waals surface area contributed by atoms with Gasteiger partial charge in [-0.3, -0.25) is 29.4 Å². The first-order valence-electron chi connectivity index (χ1n) is 8.17. The molecule has 2 amide bonds. The van der Waals surface area contributed by atoms with Crippen molar-refractivity contribution >= 4 is 40.6 Å². The molecule has 1 aliphatic heterocycles. The minimum atomic E-state index is -0.994. The fourth-order valence-corrected chi connectivity index (χ4v) is 3.41. The van der Waals surface area contributed by atoms with Gasteiger partial charge in [-0.15, -0.1) is 0 Å². The fourth-order valence-electron chi connectivity index (χ4n) is 2.57. The zero-order valence-corrected chi connectivity index (χ0v) is 15.2. The van der Waals surface area contributed by atoms with E-state index in [-0.39, 0.29) is 30.0 Å². The second kappa shape index (κ2) is 8.09. The Hall–Kier alpha value is -3.40. The average Bonchev–Trinajstić information content (AvgIpc) is 3.22. The van der Waals surface area contributed by atoms with E-state index >= 15 is 0 Å². The number of hydrogen-bond acceptors (Lipinski definition) is 7. The average molecular weight is 402 g/mol. The number of benzene rings is 1. The molecule has 1 fully saturated rings. The highest BCUT2D eigenvalue weighted by Crippen LogP contribution is 2.33. The van der Waals surface area contributed by atoms with Crippen LogP contribution in [0.3, 0.4) is 0 Å². The molecule has 3 rings (SSSR count). The van der Waals surface area contributed by atoms with Gasteiger partial charge in [-0.05, 0) is 30.3 Å². The Kier molecular flexibility index (Phi) is 5.59. The maximum atomic E-state index is 12.3. The summed E-state index contributed by atoms with van der Waals surface area (Å²) in [5.74, 6) is -0.798. The normalized spacial score (nSPS) is 15.4. The summed E-state index contributed by atoms with van der Waals surface area (Å²) < 4.78 is 5.63. The van der Waals surface area contributed by atoms with Crippen LogP contribution in [0.4, 0.5) is 10.5 Å². The minimum absolute atomic E-state index is 0.0331. The van der Waals surface area contributed by atoms with E-state index in [1.54, 1.807) is 18.2 Å². The number of non-ortho nitro benzene ring substituents is 1. The lowest BCUT2D eigenvalue weighted by Crippen LogP contribution is -2.29. The van der Waals surface area contributed by atoms with Gasteiger partial charge in [-0.2, -0.15) is 0 Å². The van der Waals surface area contributed by atoms with Gasteiger partial charge < -0.3 is 9.52 Å². The molecule has 0 radical (unpaired) electrons. The predicted molar refractivity (Wildman–Crippen MR) is 100 cm³/mol. The van der Waals surface area contributed by atoms with Crippen LogP contribution in [0.2, 0.25) is 0 Å². The van der Waals surface area contributed by atoms with Crippen LogP contribution in [0.25, 0.3) is 17.4 Å². The molecule has 0 saturated carbocycles. The van der Waals surface area contributed by atoms with Crippen LogP contribution in [-0.2, 0) is 9.59 Å². The van der Waals surface area contributed by atoms with Crippen molar-refractivity contribution in [3.05, 3.63) is 57.2 Å². The first-order chi connectivity index (χ1) is 13.3. The number of furan rings is 1. The molecule has 28 heavy (non-hydrogen) atoms. The van der Waals surface area contributed by atoms with Crippen molar-refractivity contribution in [3.63, 3.8) is 0 Å². The second-order valence-electron chi connectivity index (χ2n) is 5.84. The molecule has 0 spiro atoms. The van der Waals surface area contributed by atoms with Gasteiger partial charge in [0.15, 0.2) is 0 Å². The number of thioether (sulfide) groups is 1. The van der Waals surface area contributed by atoms with Gasteiger partial charge in [0.1, 0.15) is 11.5 Å². The topological polar surface area (TPSA) is 131 Å². The summed E-state index contributed by atoms with van der Waals surface area (Å²) in [4.78, 5) is 46.4. The van der Waals surface area contributed by atoms with Crippen molar-refractivity contribution < 1.29 is 28.8 Å². The Morgan fingerprint density at radius 3 is 2.79 bits per heavy atom. The summed E-state index contributed by atoms with van der Waals surface area (Å²) in [6.07, 6.45) is 1.47. The van der Waals surface area contributed by atoms with E-state index in [1.165, 1.54) is 24.3 Å². The highest BCUT2D eigenvalue weighted by molar-refractivity contribution is 8.18. The number of aliphatic carboxylic acids is 1. The first-order valence-corrected chi connectivity index (χ1v) is 8.98. The molecule has 0 aliphatic carbocycles. The molecular formula is C18H14N2O7S. The molecule has 0 atom stereocenters. The third-order valence-corrected chi connectivity index (χ3v) is 4.79. The molecular weight excluding hydrogens is 388 g/mol. The summed E-state index contributed by atoms with van der Waals surface area (Å²) in [5.41, 5.74) is 0.438. The third-order valence-electron chi connectivity index (χ3n) is 3.89. The van der Waals surface area contributed by atoms with Gasteiger partial charge in [0, 0.05) is 36.7 Å². The molecule has 1 aromatic heterocycles. The summed E-state index contributed by atoms with van der Waals surface area (Å²) in [6, 6.07) is 9.14. The zero-order chi connectivity index (χ0) is 20.3. The van der Waals surface area contributed by atoms with Crippen molar-refractivity contribution in [2.45, 2.75) is 12.8 Å². The lowest BCUT2D eigenvalue weighted by molar-refractivity contribution is -0.384. The lowest BCUT2D eigenvalue weighted by Gasteiger charge is -2.10. The minimum Gasteiger partial charge on any atom is -0.481 e. The Bertz CT molecular complexity index is 995. The largest absolute Gasteiger partial charge is 0.481 e. The maximum Gasteiger partial charge on any atom is 0.303 e. The molecule has 0 unspecified atom stereocenters. The van der Waals surface area contributed by atoms with E-state index < -0.39 is 22.0 Å². The van der Waals surface area contributed by atoms with Crippen molar-refractivity contribution in [1.29, 1.82) is 0 Å². The highest BCUT2D eigenvalue weighted by Gasteiger charge is 2.34. The molecule has 1 saturated heterocycles. The number of imide groups is 1. The number of carbonyl (C=O) groups is 3. The number of rotatable bonds is 7. The quantitative estimate of drug-likeness (QED) is 0.421. The van der Waals surface area contributed by atoms with Crippen LogP contribution in [0.15, 0.2) is 45.7 Å². The molecule has 1 aromatic carbocycles. The third kappa shape index (κ3) is 4.29. The van der Waals surface area contributed by atoms with Gasteiger partial charge in [0.25, 0.3) is 16.8 Å². The van der Waals surface area contributed by atoms with Gasteiger partial charge in [-0.25, -0.2) is 0 Å². The predicted octanol–water partition coefficient (Wildman–Crippen LogP) is 3.76. The van der Waals surface area contributed by atoms with Crippen LogP contribution in [-0.4, -0.2) is 38.6 Å². The van der Waals surface area contributed by atoms with Crippen LogP contribution >= 0.6 is 11.8 Å². The first kappa shape index (κ1) is 19.4. The monoisotopic (exact) mass is 402 g/mol. The van der Waals surface area contributed by atoms with Crippen LogP contribution in [0, 0.1) is 10.1 Å². The fraction of sp³-hybridized carbons (Fsp3) is 0.167. The standard InChI is InChI=1S/C18H14N2O7S/c21-16(22)5-2-8-19-17(23)15(28-18(19)24)10-13-6-7-14(27-13)11-3-1-4-12(9-11)20(25)26/h1,3-4,6-7,9-10H,2,5,8H2,(H,21,22)/b15-10+. The van der Waals surface area contributed by atoms with E-state index in [0.717, 1.165) is 16.7 Å². The SMILES string of the molecule is O=C(O)CCCN1C(=O)S/C(=C/c2ccc(-c3cccc([N+](=O)[O-])c3)o2)C1=O. The lowest BCUT2D eigenvalue weighted by atomic mass is 10.1. The van der Waals surface area contributed by atoms with Crippen molar-refractivity contribution in [3.8, 4) is 11.3 Å². The molecule has 10 heteroatoms. The highest BCUT2D eigenvalue weighted by atomic mass is 32.2. The van der Waals surface area contributed by atoms with Gasteiger partial charge in [-0.1, -0.05) is 12.1 Å². The number of carboxylic acids is 1. The van der Waals surface area contributed by atoms with E-state index in [0.29, 0.717) is 17.1 Å². The Morgan fingerprint density at radius 1 is 1.29 bits per heavy atom. The summed E-state index contributed by atoms with van der Waals surface area (Å²) in [6.45, 7) is 0.0331. The summed E-state index contributed by atoms with van der Waals surface area (Å²) >= 11 is 0.749. The summed E-state index contributed by atoms with van der Waals surface area (Å²) in [7, 11) is 0. The number of hydrogen-bond donors (Lipinski definition) is 1. The Labute approximate surface area is 162 Å². The van der Waals surface area contributed by atoms with Crippen LogP contribution in [0.5, 0.6) is 0 Å². The number of amides is 2. The second-order valence-corrected chi connectivity index (χ2v) is 6.83. The Morgan fingerprint density at radius 2 is 2.07 bits per heavy atom. The van der Waals surface area contributed by atoms with E-state index in [4.69, 9.17) is 9.52 Å².